The second kappa shape index (κ2) is 6.23. The molecule has 1 unspecified atom stereocenters. The van der Waals surface area contributed by atoms with Gasteiger partial charge in [-0.2, -0.15) is 0 Å². The molecule has 1 saturated carbocycles. The number of nitrogens with one attached hydrogen (secondary N) is 1. The number of rotatable bonds is 5. The minimum Gasteiger partial charge on any atom is -0.493 e. The number of benzene rings is 1. The molecule has 1 atom stereocenters. The van der Waals surface area contributed by atoms with Gasteiger partial charge < -0.3 is 14.8 Å². The van der Waals surface area contributed by atoms with Crippen LogP contribution >= 0.6 is 11.6 Å². The Morgan fingerprint density at radius 1 is 1.25 bits per heavy atom. The summed E-state index contributed by atoms with van der Waals surface area (Å²) in [4.78, 5) is 0. The average molecular weight is 296 g/mol. The molecule has 2 aliphatic rings. The van der Waals surface area contributed by atoms with Crippen LogP contribution in [0.4, 0.5) is 0 Å². The van der Waals surface area contributed by atoms with Crippen LogP contribution in [-0.2, 0) is 0 Å². The maximum atomic E-state index is 6.46. The molecule has 3 rings (SSSR count). The highest BCUT2D eigenvalue weighted by atomic mass is 35.5. The number of methoxy groups -OCH3 is 1. The largest absolute Gasteiger partial charge is 0.493 e. The fourth-order valence-electron chi connectivity index (χ4n) is 2.75. The van der Waals surface area contributed by atoms with Crippen LogP contribution in [-0.4, -0.2) is 26.8 Å². The monoisotopic (exact) mass is 295 g/mol. The molecular weight excluding hydrogens is 274 g/mol. The maximum Gasteiger partial charge on any atom is 0.162 e. The van der Waals surface area contributed by atoms with Gasteiger partial charge in [0.25, 0.3) is 0 Å². The third-order valence-electron chi connectivity index (χ3n) is 4.19. The Balaban J connectivity index is 1.79. The van der Waals surface area contributed by atoms with E-state index in [-0.39, 0.29) is 0 Å². The molecule has 0 aromatic heterocycles. The fourth-order valence-corrected chi connectivity index (χ4v) is 3.05. The first-order valence-corrected chi connectivity index (χ1v) is 7.86. The molecule has 1 saturated heterocycles. The predicted octanol–water partition coefficient (Wildman–Crippen LogP) is 3.60. The van der Waals surface area contributed by atoms with Crippen LogP contribution < -0.4 is 14.8 Å². The van der Waals surface area contributed by atoms with Crippen molar-refractivity contribution in [1.82, 2.24) is 5.32 Å². The van der Waals surface area contributed by atoms with Crippen molar-refractivity contribution in [2.75, 3.05) is 26.8 Å². The Morgan fingerprint density at radius 3 is 2.75 bits per heavy atom. The molecule has 1 aromatic rings. The molecule has 2 fully saturated rings. The number of hydrogen-bond acceptors (Lipinski definition) is 3. The summed E-state index contributed by atoms with van der Waals surface area (Å²) >= 11 is 6.46. The zero-order valence-electron chi connectivity index (χ0n) is 12.0. The summed E-state index contributed by atoms with van der Waals surface area (Å²) in [6.45, 7) is 2.87. The Labute approximate surface area is 125 Å². The highest BCUT2D eigenvalue weighted by molar-refractivity contribution is 6.31. The van der Waals surface area contributed by atoms with Crippen LogP contribution in [0.1, 0.15) is 37.2 Å². The van der Waals surface area contributed by atoms with E-state index in [1.54, 1.807) is 7.11 Å². The highest BCUT2D eigenvalue weighted by Gasteiger charge is 2.24. The number of halogens is 1. The second-order valence-corrected chi connectivity index (χ2v) is 6.23. The predicted molar refractivity (Wildman–Crippen MR) is 81.1 cm³/mol. The van der Waals surface area contributed by atoms with Crippen LogP contribution in [0.3, 0.4) is 0 Å². The van der Waals surface area contributed by atoms with Crippen molar-refractivity contribution >= 4 is 11.6 Å². The molecule has 0 bridgehead atoms. The van der Waals surface area contributed by atoms with Gasteiger partial charge in [-0.3, -0.25) is 0 Å². The summed E-state index contributed by atoms with van der Waals surface area (Å²) in [7, 11) is 1.69. The van der Waals surface area contributed by atoms with Gasteiger partial charge in [-0.1, -0.05) is 11.6 Å². The van der Waals surface area contributed by atoms with Gasteiger partial charge in [0.2, 0.25) is 0 Å². The zero-order chi connectivity index (χ0) is 13.9. The first-order chi connectivity index (χ1) is 9.78. The van der Waals surface area contributed by atoms with Crippen LogP contribution in [0, 0.1) is 5.92 Å². The maximum absolute atomic E-state index is 6.46. The van der Waals surface area contributed by atoms with Crippen LogP contribution in [0.25, 0.3) is 0 Å². The Morgan fingerprint density at radius 2 is 2.10 bits per heavy atom. The summed E-state index contributed by atoms with van der Waals surface area (Å²) < 4.78 is 11.3. The number of ether oxygens (including phenoxy) is 2. The summed E-state index contributed by atoms with van der Waals surface area (Å²) in [5.41, 5.74) is 1.18. The molecule has 1 aliphatic carbocycles. The Kier molecular flexibility index (Phi) is 4.37. The smallest absolute Gasteiger partial charge is 0.162 e. The first kappa shape index (κ1) is 14.0. The normalized spacial score (nSPS) is 22.6. The van der Waals surface area contributed by atoms with Gasteiger partial charge in [-0.25, -0.2) is 0 Å². The lowest BCUT2D eigenvalue weighted by atomic mass is 9.91. The molecule has 1 N–H and O–H groups in total. The van der Waals surface area contributed by atoms with E-state index >= 15 is 0 Å². The van der Waals surface area contributed by atoms with Crippen molar-refractivity contribution in [2.45, 2.75) is 31.6 Å². The third kappa shape index (κ3) is 3.21. The number of hydrogen-bond donors (Lipinski definition) is 1. The molecule has 0 spiro atoms. The van der Waals surface area contributed by atoms with Gasteiger partial charge in [-0.05, 0) is 55.7 Å². The van der Waals surface area contributed by atoms with Crippen molar-refractivity contribution in [3.8, 4) is 11.5 Å². The number of piperidine rings is 1. The van der Waals surface area contributed by atoms with E-state index in [1.807, 2.05) is 6.07 Å². The van der Waals surface area contributed by atoms with Crippen molar-refractivity contribution in [2.24, 2.45) is 5.92 Å². The molecule has 110 valence electrons. The summed E-state index contributed by atoms with van der Waals surface area (Å²) in [5, 5.41) is 4.23. The Bertz CT molecular complexity index is 468. The second-order valence-electron chi connectivity index (χ2n) is 5.82. The molecule has 1 aliphatic heterocycles. The summed E-state index contributed by atoms with van der Waals surface area (Å²) in [5.74, 6) is 2.77. The van der Waals surface area contributed by atoms with E-state index in [2.05, 4.69) is 11.4 Å². The van der Waals surface area contributed by atoms with Gasteiger partial charge in [0, 0.05) is 17.6 Å². The van der Waals surface area contributed by atoms with E-state index in [9.17, 15) is 0 Å². The minimum absolute atomic E-state index is 0.475. The van der Waals surface area contributed by atoms with Crippen molar-refractivity contribution < 1.29 is 9.47 Å². The minimum atomic E-state index is 0.475. The average Bonchev–Trinajstić information content (AvgIpc) is 3.30. The summed E-state index contributed by atoms with van der Waals surface area (Å²) in [6.07, 6.45) is 4.94. The topological polar surface area (TPSA) is 30.5 Å². The molecule has 0 amide bonds. The molecule has 4 heteroatoms. The SMILES string of the molecule is COc1cc(C2CCCNC2)c(Cl)cc1OCC1CC1. The molecular formula is C16H22ClNO2. The van der Waals surface area contributed by atoms with Gasteiger partial charge in [-0.15, -0.1) is 0 Å². The van der Waals surface area contributed by atoms with E-state index in [4.69, 9.17) is 21.1 Å². The van der Waals surface area contributed by atoms with Crippen molar-refractivity contribution in [3.63, 3.8) is 0 Å². The van der Waals surface area contributed by atoms with Crippen LogP contribution in [0.15, 0.2) is 12.1 Å². The molecule has 0 radical (unpaired) electrons. The third-order valence-corrected chi connectivity index (χ3v) is 4.52. The lowest BCUT2D eigenvalue weighted by Crippen LogP contribution is -2.28. The van der Waals surface area contributed by atoms with Crippen LogP contribution in [0.2, 0.25) is 5.02 Å². The lowest BCUT2D eigenvalue weighted by Gasteiger charge is -2.25. The van der Waals surface area contributed by atoms with E-state index in [0.717, 1.165) is 42.1 Å². The molecule has 20 heavy (non-hydrogen) atoms. The highest BCUT2D eigenvalue weighted by Crippen LogP contribution is 2.39. The van der Waals surface area contributed by atoms with E-state index in [0.29, 0.717) is 5.92 Å². The van der Waals surface area contributed by atoms with E-state index in [1.165, 1.54) is 31.2 Å². The van der Waals surface area contributed by atoms with E-state index < -0.39 is 0 Å². The van der Waals surface area contributed by atoms with Gasteiger partial charge in [0.15, 0.2) is 11.5 Å². The lowest BCUT2D eigenvalue weighted by molar-refractivity contribution is 0.280. The van der Waals surface area contributed by atoms with Gasteiger partial charge >= 0.3 is 0 Å². The van der Waals surface area contributed by atoms with Gasteiger partial charge in [0.05, 0.1) is 13.7 Å². The fraction of sp³-hybridized carbons (Fsp3) is 0.625. The Hall–Kier alpha value is -0.930. The molecule has 1 heterocycles. The first-order valence-electron chi connectivity index (χ1n) is 7.49. The van der Waals surface area contributed by atoms with Crippen molar-refractivity contribution in [3.05, 3.63) is 22.7 Å². The van der Waals surface area contributed by atoms with Crippen molar-refractivity contribution in [1.29, 1.82) is 0 Å². The van der Waals surface area contributed by atoms with Crippen LogP contribution in [0.5, 0.6) is 11.5 Å². The van der Waals surface area contributed by atoms with Gasteiger partial charge in [0.1, 0.15) is 0 Å². The molecule has 1 aromatic carbocycles. The standard InChI is InChI=1S/C16H22ClNO2/c1-19-15-7-13(12-3-2-6-18-9-12)14(17)8-16(15)20-10-11-4-5-11/h7-8,11-12,18H,2-6,9-10H2,1H3. The quantitative estimate of drug-likeness (QED) is 0.900. The summed E-state index contributed by atoms with van der Waals surface area (Å²) in [6, 6.07) is 3.98. The molecule has 3 nitrogen and oxygen atoms in total. The zero-order valence-corrected chi connectivity index (χ0v) is 12.7.